The van der Waals surface area contributed by atoms with E-state index >= 15 is 0 Å². The van der Waals surface area contributed by atoms with E-state index in [1.807, 2.05) is 41.8 Å². The van der Waals surface area contributed by atoms with Gasteiger partial charge < -0.3 is 20.2 Å². The Bertz CT molecular complexity index is 905. The number of amides is 1. The zero-order valence-corrected chi connectivity index (χ0v) is 17.1. The highest BCUT2D eigenvalue weighted by Gasteiger charge is 2.24. The van der Waals surface area contributed by atoms with Gasteiger partial charge >= 0.3 is 0 Å². The Labute approximate surface area is 175 Å². The van der Waals surface area contributed by atoms with Crippen LogP contribution in [-0.2, 0) is 4.79 Å². The zero-order valence-electron chi connectivity index (χ0n) is 16.3. The third kappa shape index (κ3) is 4.96. The maximum Gasteiger partial charge on any atom is 0.275 e. The maximum atomic E-state index is 12.8. The summed E-state index contributed by atoms with van der Waals surface area (Å²) >= 11 is 1.67. The highest BCUT2D eigenvalue weighted by atomic mass is 32.1. The first-order valence-electron chi connectivity index (χ1n) is 9.94. The van der Waals surface area contributed by atoms with Gasteiger partial charge in [0.15, 0.2) is 6.54 Å². The van der Waals surface area contributed by atoms with Crippen molar-refractivity contribution in [1.29, 1.82) is 0 Å². The number of thiophene rings is 1. The molecule has 1 aromatic heterocycles. The van der Waals surface area contributed by atoms with Crippen molar-refractivity contribution in [3.05, 3.63) is 82.6 Å². The van der Waals surface area contributed by atoms with Gasteiger partial charge in [-0.25, -0.2) is 0 Å². The lowest BCUT2D eigenvalue weighted by atomic mass is 10.1. The minimum absolute atomic E-state index is 0.0836. The number of nitrogens with one attached hydrogen (secondary N) is 2. The third-order valence-electron chi connectivity index (χ3n) is 5.36. The largest absolute Gasteiger partial charge is 0.508 e. The standard InChI is InChI=1S/C23H25N3O2S/c27-20-10-8-19(9-11-20)26-14-12-25(13-15-26)17-22(28)24-23(21-7-4-16-29-21)18-5-2-1-3-6-18/h1-11,16,23,27H,12-15,17H2,(H,24,28)/p+1/t23-/m1/s1. The SMILES string of the molecule is O=C(C[NH+]1CCN(c2ccc(O)cc2)CC1)N[C@H](c1ccccc1)c1cccs1. The molecule has 0 radical (unpaired) electrons. The van der Waals surface area contributed by atoms with Crippen LogP contribution in [0.2, 0.25) is 0 Å². The van der Waals surface area contributed by atoms with E-state index in [4.69, 9.17) is 0 Å². The number of quaternary nitrogens is 1. The van der Waals surface area contributed by atoms with Crippen molar-refractivity contribution in [1.82, 2.24) is 5.32 Å². The molecule has 150 valence electrons. The van der Waals surface area contributed by atoms with Crippen molar-refractivity contribution < 1.29 is 14.8 Å². The summed E-state index contributed by atoms with van der Waals surface area (Å²) in [6, 6.07) is 21.5. The minimum atomic E-state index is -0.0959. The van der Waals surface area contributed by atoms with Gasteiger partial charge in [-0.1, -0.05) is 36.4 Å². The number of carbonyl (C=O) groups excluding carboxylic acids is 1. The van der Waals surface area contributed by atoms with Crippen LogP contribution >= 0.6 is 11.3 Å². The highest BCUT2D eigenvalue weighted by Crippen LogP contribution is 2.25. The number of carbonyl (C=O) groups is 1. The average molecular weight is 409 g/mol. The first-order valence-corrected chi connectivity index (χ1v) is 10.8. The van der Waals surface area contributed by atoms with Crippen molar-refractivity contribution in [2.24, 2.45) is 0 Å². The van der Waals surface area contributed by atoms with Gasteiger partial charge in [0.25, 0.3) is 5.91 Å². The van der Waals surface area contributed by atoms with E-state index in [0.717, 1.165) is 42.3 Å². The number of piperazine rings is 1. The molecule has 0 aliphatic carbocycles. The van der Waals surface area contributed by atoms with E-state index in [1.54, 1.807) is 23.5 Å². The average Bonchev–Trinajstić information content (AvgIpc) is 3.28. The van der Waals surface area contributed by atoms with Gasteiger partial charge in [0.05, 0.1) is 32.2 Å². The molecule has 5 nitrogen and oxygen atoms in total. The van der Waals surface area contributed by atoms with Crippen molar-refractivity contribution in [3.8, 4) is 5.75 Å². The highest BCUT2D eigenvalue weighted by molar-refractivity contribution is 7.10. The monoisotopic (exact) mass is 408 g/mol. The van der Waals surface area contributed by atoms with Gasteiger partial charge in [-0.3, -0.25) is 4.79 Å². The van der Waals surface area contributed by atoms with Gasteiger partial charge in [0.1, 0.15) is 5.75 Å². The molecule has 0 spiro atoms. The van der Waals surface area contributed by atoms with Crippen molar-refractivity contribution in [2.75, 3.05) is 37.6 Å². The van der Waals surface area contributed by atoms with E-state index in [0.29, 0.717) is 6.54 Å². The third-order valence-corrected chi connectivity index (χ3v) is 6.30. The molecule has 1 amide bonds. The second kappa shape index (κ2) is 9.11. The first-order chi connectivity index (χ1) is 14.2. The lowest BCUT2D eigenvalue weighted by Gasteiger charge is -2.33. The van der Waals surface area contributed by atoms with Crippen molar-refractivity contribution in [2.45, 2.75) is 6.04 Å². The van der Waals surface area contributed by atoms with E-state index < -0.39 is 0 Å². The van der Waals surface area contributed by atoms with Gasteiger partial charge in [-0.15, -0.1) is 11.3 Å². The van der Waals surface area contributed by atoms with E-state index in [9.17, 15) is 9.90 Å². The van der Waals surface area contributed by atoms with Crippen LogP contribution in [0.15, 0.2) is 72.1 Å². The van der Waals surface area contributed by atoms with Gasteiger partial charge in [0, 0.05) is 10.6 Å². The van der Waals surface area contributed by atoms with Crippen molar-refractivity contribution >= 4 is 22.9 Å². The maximum absolute atomic E-state index is 12.8. The van der Waals surface area contributed by atoms with E-state index in [1.165, 1.54) is 4.90 Å². The summed E-state index contributed by atoms with van der Waals surface area (Å²) in [4.78, 5) is 17.6. The molecular weight excluding hydrogens is 382 g/mol. The molecule has 0 bridgehead atoms. The number of phenols is 1. The number of anilines is 1. The molecule has 6 heteroatoms. The zero-order chi connectivity index (χ0) is 20.1. The summed E-state index contributed by atoms with van der Waals surface area (Å²) in [5.74, 6) is 0.369. The molecule has 2 aromatic carbocycles. The van der Waals surface area contributed by atoms with E-state index in [2.05, 4.69) is 28.4 Å². The van der Waals surface area contributed by atoms with Crippen LogP contribution in [0.5, 0.6) is 5.75 Å². The molecule has 1 fully saturated rings. The molecule has 1 aliphatic rings. The number of hydrogen-bond acceptors (Lipinski definition) is 4. The predicted octanol–water partition coefficient (Wildman–Crippen LogP) is 2.06. The molecule has 4 rings (SSSR count). The van der Waals surface area contributed by atoms with Gasteiger partial charge in [-0.2, -0.15) is 0 Å². The fourth-order valence-corrected chi connectivity index (χ4v) is 4.58. The van der Waals surface area contributed by atoms with Crippen LogP contribution in [-0.4, -0.2) is 43.7 Å². The fourth-order valence-electron chi connectivity index (χ4n) is 3.78. The Morgan fingerprint density at radius 2 is 1.76 bits per heavy atom. The number of hydrogen-bond donors (Lipinski definition) is 3. The van der Waals surface area contributed by atoms with Crippen LogP contribution in [0.1, 0.15) is 16.5 Å². The number of rotatable bonds is 6. The summed E-state index contributed by atoms with van der Waals surface area (Å²) in [5.41, 5.74) is 2.23. The smallest absolute Gasteiger partial charge is 0.275 e. The molecule has 1 aliphatic heterocycles. The van der Waals surface area contributed by atoms with Crippen LogP contribution in [0.4, 0.5) is 5.69 Å². The Hall–Kier alpha value is -2.83. The molecule has 2 heterocycles. The van der Waals surface area contributed by atoms with Gasteiger partial charge in [-0.05, 0) is 41.3 Å². The molecule has 0 saturated carbocycles. The van der Waals surface area contributed by atoms with Crippen LogP contribution < -0.4 is 15.1 Å². The lowest BCUT2D eigenvalue weighted by Crippen LogP contribution is -3.16. The molecule has 3 aromatic rings. The quantitative estimate of drug-likeness (QED) is 0.585. The van der Waals surface area contributed by atoms with Crippen LogP contribution in [0, 0.1) is 0 Å². The predicted molar refractivity (Wildman–Crippen MR) is 117 cm³/mol. The summed E-state index contributed by atoms with van der Waals surface area (Å²) in [5, 5.41) is 14.7. The Morgan fingerprint density at radius 3 is 2.41 bits per heavy atom. The topological polar surface area (TPSA) is 57.0 Å². The molecule has 0 unspecified atom stereocenters. The number of aromatic hydroxyl groups is 1. The fraction of sp³-hybridized carbons (Fsp3) is 0.261. The number of benzene rings is 2. The molecule has 1 saturated heterocycles. The van der Waals surface area contributed by atoms with Gasteiger partial charge in [0.2, 0.25) is 0 Å². The molecular formula is C23H26N3O2S+. The Balaban J connectivity index is 1.34. The minimum Gasteiger partial charge on any atom is -0.508 e. The molecule has 29 heavy (non-hydrogen) atoms. The van der Waals surface area contributed by atoms with Crippen molar-refractivity contribution in [3.63, 3.8) is 0 Å². The Kier molecular flexibility index (Phi) is 6.12. The van der Waals surface area contributed by atoms with Crippen LogP contribution in [0.25, 0.3) is 0 Å². The normalized spacial score (nSPS) is 15.8. The summed E-state index contributed by atoms with van der Waals surface area (Å²) in [7, 11) is 0. The van der Waals surface area contributed by atoms with Crippen LogP contribution in [0.3, 0.4) is 0 Å². The second-order valence-corrected chi connectivity index (χ2v) is 8.34. The summed E-state index contributed by atoms with van der Waals surface area (Å²) in [6.45, 7) is 4.13. The summed E-state index contributed by atoms with van der Waals surface area (Å²) < 4.78 is 0. The number of nitrogens with zero attached hydrogens (tertiary/aromatic N) is 1. The molecule has 1 atom stereocenters. The summed E-state index contributed by atoms with van der Waals surface area (Å²) in [6.07, 6.45) is 0. The first kappa shape index (κ1) is 19.5. The Morgan fingerprint density at radius 1 is 1.03 bits per heavy atom. The van der Waals surface area contributed by atoms with E-state index in [-0.39, 0.29) is 17.7 Å². The second-order valence-electron chi connectivity index (χ2n) is 7.36. The lowest BCUT2D eigenvalue weighted by molar-refractivity contribution is -0.892. The number of phenolic OH excluding ortho intramolecular Hbond substituents is 1. The molecule has 3 N–H and O–H groups in total.